The van der Waals surface area contributed by atoms with Gasteiger partial charge in [0, 0.05) is 44.0 Å². The highest BCUT2D eigenvalue weighted by atomic mass is 32.1. The van der Waals surface area contributed by atoms with E-state index >= 15 is 0 Å². The summed E-state index contributed by atoms with van der Waals surface area (Å²) >= 11 is 1.61. The van der Waals surface area contributed by atoms with E-state index < -0.39 is 0 Å². The number of piperazine rings is 1. The summed E-state index contributed by atoms with van der Waals surface area (Å²) in [5.74, 6) is 1.53. The lowest BCUT2D eigenvalue weighted by Gasteiger charge is -2.39. The Bertz CT molecular complexity index is 1600. The summed E-state index contributed by atoms with van der Waals surface area (Å²) in [6, 6.07) is 24.5. The number of fused-ring (bicyclic) bond motifs is 3. The minimum absolute atomic E-state index is 0.0161. The summed E-state index contributed by atoms with van der Waals surface area (Å²) in [5.41, 5.74) is 15.3. The Kier molecular flexibility index (Phi) is 6.19. The molecule has 1 aliphatic heterocycles. The molecule has 40 heavy (non-hydrogen) atoms. The van der Waals surface area contributed by atoms with E-state index in [2.05, 4.69) is 110 Å². The van der Waals surface area contributed by atoms with Crippen molar-refractivity contribution in [3.63, 3.8) is 0 Å². The predicted octanol–water partition coefficient (Wildman–Crippen LogP) is 6.94. The van der Waals surface area contributed by atoms with Crippen LogP contribution in [-0.4, -0.2) is 42.0 Å². The van der Waals surface area contributed by atoms with Crippen LogP contribution < -0.4 is 10.6 Å². The Morgan fingerprint density at radius 2 is 1.60 bits per heavy atom. The highest BCUT2D eigenvalue weighted by Crippen LogP contribution is 2.59. The van der Waals surface area contributed by atoms with Gasteiger partial charge in [-0.15, -0.1) is 0 Å². The van der Waals surface area contributed by atoms with Crippen molar-refractivity contribution in [2.75, 3.05) is 37.6 Å². The molecule has 3 aliphatic rings. The first-order valence-electron chi connectivity index (χ1n) is 14.8. The van der Waals surface area contributed by atoms with Crippen LogP contribution in [0.1, 0.15) is 61.6 Å². The fourth-order valence-corrected chi connectivity index (χ4v) is 8.89. The van der Waals surface area contributed by atoms with Crippen molar-refractivity contribution in [1.82, 2.24) is 9.27 Å². The first-order chi connectivity index (χ1) is 19.2. The molecule has 2 N–H and O–H groups in total. The number of benzene rings is 3. The monoisotopic (exact) mass is 548 g/mol. The number of hydrogen-bond donors (Lipinski definition) is 1. The van der Waals surface area contributed by atoms with Gasteiger partial charge in [-0.1, -0.05) is 88.4 Å². The van der Waals surface area contributed by atoms with Gasteiger partial charge in [-0.2, -0.15) is 4.37 Å². The molecule has 2 atom stereocenters. The number of anilines is 1. The van der Waals surface area contributed by atoms with E-state index in [1.54, 1.807) is 11.5 Å². The lowest BCUT2D eigenvalue weighted by molar-refractivity contribution is 0.260. The first-order valence-corrected chi connectivity index (χ1v) is 15.5. The van der Waals surface area contributed by atoms with Crippen LogP contribution in [-0.2, 0) is 17.3 Å². The topological polar surface area (TPSA) is 45.4 Å². The Labute approximate surface area is 242 Å². The molecule has 3 aromatic carbocycles. The molecule has 1 saturated heterocycles. The SMILES string of the molecule is CC1(C)c2ccc(CCN3CCN(c4nsc5ccccc45)CC3)cc2C(C)(C)C1C1=Cc2ccccc2C1N. The van der Waals surface area contributed by atoms with Crippen LogP contribution >= 0.6 is 11.5 Å². The van der Waals surface area contributed by atoms with Crippen molar-refractivity contribution < 1.29 is 0 Å². The van der Waals surface area contributed by atoms with Crippen LogP contribution in [0.4, 0.5) is 5.82 Å². The third kappa shape index (κ3) is 4.05. The molecule has 5 heteroatoms. The van der Waals surface area contributed by atoms with Gasteiger partial charge in [0.1, 0.15) is 5.82 Å². The maximum atomic E-state index is 6.90. The molecule has 0 bridgehead atoms. The maximum Gasteiger partial charge on any atom is 0.150 e. The van der Waals surface area contributed by atoms with E-state index in [4.69, 9.17) is 10.1 Å². The summed E-state index contributed by atoms with van der Waals surface area (Å²) in [6.07, 6.45) is 3.47. The summed E-state index contributed by atoms with van der Waals surface area (Å²) < 4.78 is 6.06. The zero-order valence-corrected chi connectivity index (χ0v) is 25.0. The van der Waals surface area contributed by atoms with Crippen molar-refractivity contribution >= 4 is 33.5 Å². The third-order valence-electron chi connectivity index (χ3n) is 10.0. The van der Waals surface area contributed by atoms with Crippen molar-refractivity contribution in [1.29, 1.82) is 0 Å². The maximum absolute atomic E-state index is 6.90. The molecule has 4 aromatic rings. The number of aromatic nitrogens is 1. The van der Waals surface area contributed by atoms with Gasteiger partial charge in [-0.05, 0) is 74.3 Å². The molecule has 2 unspecified atom stereocenters. The minimum atomic E-state index is -0.0190. The highest BCUT2D eigenvalue weighted by Gasteiger charge is 2.54. The fourth-order valence-electron chi connectivity index (χ4n) is 8.10. The normalized spacial score (nSPS) is 23.3. The van der Waals surface area contributed by atoms with Gasteiger partial charge < -0.3 is 10.6 Å². The Morgan fingerprint density at radius 1 is 0.875 bits per heavy atom. The summed E-state index contributed by atoms with van der Waals surface area (Å²) in [7, 11) is 0. The molecule has 0 spiro atoms. The van der Waals surface area contributed by atoms with Crippen LogP contribution in [0.2, 0.25) is 0 Å². The second-order valence-corrected chi connectivity index (χ2v) is 13.9. The zero-order chi connectivity index (χ0) is 27.6. The quantitative estimate of drug-likeness (QED) is 0.293. The van der Waals surface area contributed by atoms with E-state index in [1.807, 2.05) is 0 Å². The largest absolute Gasteiger partial charge is 0.353 e. The molecule has 0 saturated carbocycles. The van der Waals surface area contributed by atoms with E-state index in [1.165, 1.54) is 49.3 Å². The summed E-state index contributed by atoms with van der Waals surface area (Å²) in [6.45, 7) is 15.1. The smallest absolute Gasteiger partial charge is 0.150 e. The van der Waals surface area contributed by atoms with Crippen molar-refractivity contribution in [3.8, 4) is 0 Å². The minimum Gasteiger partial charge on any atom is -0.353 e. The average Bonchev–Trinajstić information content (AvgIpc) is 3.57. The fraction of sp³-hybridized carbons (Fsp3) is 0.400. The van der Waals surface area contributed by atoms with Gasteiger partial charge in [-0.3, -0.25) is 4.90 Å². The molecule has 206 valence electrons. The number of hydrogen-bond acceptors (Lipinski definition) is 5. The van der Waals surface area contributed by atoms with E-state index in [0.717, 1.165) is 39.1 Å². The molecule has 2 heterocycles. The lowest BCUT2D eigenvalue weighted by atomic mass is 9.65. The van der Waals surface area contributed by atoms with Crippen LogP contribution in [0.3, 0.4) is 0 Å². The van der Waals surface area contributed by atoms with Crippen LogP contribution in [0.15, 0.2) is 72.3 Å². The van der Waals surface area contributed by atoms with Crippen LogP contribution in [0.25, 0.3) is 16.2 Å². The Morgan fingerprint density at radius 3 is 2.40 bits per heavy atom. The van der Waals surface area contributed by atoms with Crippen molar-refractivity contribution in [3.05, 3.63) is 100 Å². The number of nitrogens with zero attached hydrogens (tertiary/aromatic N) is 3. The van der Waals surface area contributed by atoms with E-state index in [9.17, 15) is 0 Å². The van der Waals surface area contributed by atoms with Gasteiger partial charge >= 0.3 is 0 Å². The second kappa shape index (κ2) is 9.54. The third-order valence-corrected chi connectivity index (χ3v) is 10.8. The van der Waals surface area contributed by atoms with Crippen LogP contribution in [0.5, 0.6) is 0 Å². The van der Waals surface area contributed by atoms with Gasteiger partial charge in [-0.25, -0.2) is 0 Å². The molecular weight excluding hydrogens is 508 g/mol. The van der Waals surface area contributed by atoms with Gasteiger partial charge in [0.25, 0.3) is 0 Å². The predicted molar refractivity (Wildman–Crippen MR) is 169 cm³/mol. The van der Waals surface area contributed by atoms with Crippen LogP contribution in [0, 0.1) is 5.92 Å². The van der Waals surface area contributed by atoms with E-state index in [-0.39, 0.29) is 16.9 Å². The lowest BCUT2D eigenvalue weighted by Crippen LogP contribution is -2.47. The molecule has 7 rings (SSSR count). The van der Waals surface area contributed by atoms with Gasteiger partial charge in [0.2, 0.25) is 0 Å². The molecule has 1 aromatic heterocycles. The average molecular weight is 549 g/mol. The Balaban J connectivity index is 1.05. The van der Waals surface area contributed by atoms with Gasteiger partial charge in [0.15, 0.2) is 0 Å². The van der Waals surface area contributed by atoms with Gasteiger partial charge in [0.05, 0.1) is 10.7 Å². The Hall–Kier alpha value is -2.99. The van der Waals surface area contributed by atoms with Crippen molar-refractivity contribution in [2.24, 2.45) is 11.7 Å². The number of rotatable bonds is 5. The standard InChI is InChI=1S/C35H40N4S/c1-34(2)28-14-13-23(15-16-38-17-19-39(20-18-38)33-26-11-7-8-12-30(26)40-37-33)21-29(28)35(3,4)32(34)27-22-24-9-5-6-10-25(24)31(27)36/h5-14,21-22,31-32H,15-20,36H2,1-4H3. The summed E-state index contributed by atoms with van der Waals surface area (Å²) in [4.78, 5) is 5.09. The molecule has 0 amide bonds. The molecule has 4 nitrogen and oxygen atoms in total. The molecule has 2 aliphatic carbocycles. The van der Waals surface area contributed by atoms with Crippen molar-refractivity contribution in [2.45, 2.75) is 51.0 Å². The molecule has 1 fully saturated rings. The highest BCUT2D eigenvalue weighted by molar-refractivity contribution is 7.13. The second-order valence-electron chi connectivity index (χ2n) is 13.1. The zero-order valence-electron chi connectivity index (χ0n) is 24.2. The first kappa shape index (κ1) is 25.9. The van der Waals surface area contributed by atoms with E-state index in [0.29, 0.717) is 5.92 Å². The number of nitrogens with two attached hydrogens (primary N) is 1. The molecular formula is C35H40N4S. The summed E-state index contributed by atoms with van der Waals surface area (Å²) in [5, 5.41) is 1.29. The molecule has 0 radical (unpaired) electrons.